The highest BCUT2D eigenvalue weighted by atomic mass is 32.2. The number of nitrogens with one attached hydrogen (secondary N) is 1. The summed E-state index contributed by atoms with van der Waals surface area (Å²) in [7, 11) is -2.51. The van der Waals surface area contributed by atoms with Crippen molar-refractivity contribution in [3.8, 4) is 5.69 Å². The van der Waals surface area contributed by atoms with Gasteiger partial charge in [0.15, 0.2) is 0 Å². The molecule has 0 atom stereocenters. The largest absolute Gasteiger partial charge is 0.469 e. The quantitative estimate of drug-likeness (QED) is 0.378. The van der Waals surface area contributed by atoms with E-state index in [4.69, 9.17) is 9.88 Å². The third kappa shape index (κ3) is 5.82. The summed E-state index contributed by atoms with van der Waals surface area (Å²) in [4.78, 5) is 29.4. The van der Waals surface area contributed by atoms with Crippen molar-refractivity contribution in [2.75, 3.05) is 13.7 Å². The summed E-state index contributed by atoms with van der Waals surface area (Å²) in [6, 6.07) is 11.5. The number of aromatic nitrogens is 2. The van der Waals surface area contributed by atoms with Gasteiger partial charge in [-0.2, -0.15) is 0 Å². The van der Waals surface area contributed by atoms with Gasteiger partial charge >= 0.3 is 5.97 Å². The minimum atomic E-state index is -3.76. The van der Waals surface area contributed by atoms with Crippen molar-refractivity contribution >= 4 is 21.7 Å². The maximum atomic E-state index is 13.3. The number of halogens is 1. The summed E-state index contributed by atoms with van der Waals surface area (Å²) in [5, 5.41) is 7.99. The second-order valence-electron chi connectivity index (χ2n) is 7.24. The van der Waals surface area contributed by atoms with E-state index in [0.717, 1.165) is 5.56 Å². The first-order chi connectivity index (χ1) is 15.6. The summed E-state index contributed by atoms with van der Waals surface area (Å²) in [6.45, 7) is 1.98. The topological polar surface area (TPSA) is 137 Å². The third-order valence-corrected chi connectivity index (χ3v) is 5.89. The second kappa shape index (κ2) is 9.92. The molecule has 0 aliphatic rings. The van der Waals surface area contributed by atoms with E-state index in [0.29, 0.717) is 30.1 Å². The lowest BCUT2D eigenvalue weighted by molar-refractivity contribution is -0.139. The van der Waals surface area contributed by atoms with Gasteiger partial charge in [0.1, 0.15) is 5.82 Å². The predicted octanol–water partition coefficient (Wildman–Crippen LogP) is 1.72. The number of methoxy groups -OCH3 is 1. The number of benzene rings is 2. The third-order valence-electron chi connectivity index (χ3n) is 4.96. The van der Waals surface area contributed by atoms with Crippen LogP contribution < -0.4 is 10.7 Å². The maximum absolute atomic E-state index is 13.3. The van der Waals surface area contributed by atoms with Crippen LogP contribution >= 0.6 is 0 Å². The van der Waals surface area contributed by atoms with Crippen LogP contribution in [0.15, 0.2) is 63.2 Å². The Morgan fingerprint density at radius 1 is 1.15 bits per heavy atom. The molecule has 9 nitrogen and oxygen atoms in total. The van der Waals surface area contributed by atoms with Crippen LogP contribution in [-0.4, -0.2) is 43.5 Å². The van der Waals surface area contributed by atoms with Crippen LogP contribution in [0.4, 0.5) is 4.39 Å². The van der Waals surface area contributed by atoms with Crippen LogP contribution in [0.1, 0.15) is 23.7 Å². The molecule has 0 spiro atoms. The maximum Gasteiger partial charge on any atom is 0.311 e. The van der Waals surface area contributed by atoms with Gasteiger partial charge in [0.05, 0.1) is 35.4 Å². The van der Waals surface area contributed by atoms with Crippen molar-refractivity contribution in [3.63, 3.8) is 0 Å². The Hall–Kier alpha value is -3.57. The average Bonchev–Trinajstić information content (AvgIpc) is 3.09. The average molecular weight is 475 g/mol. The lowest BCUT2D eigenvalue weighted by Crippen LogP contribution is -2.20. The molecule has 3 N–H and O–H groups in total. The number of hydrogen-bond donors (Lipinski definition) is 2. The van der Waals surface area contributed by atoms with E-state index >= 15 is 0 Å². The lowest BCUT2D eigenvalue weighted by atomic mass is 10.1. The van der Waals surface area contributed by atoms with E-state index in [-0.39, 0.29) is 16.9 Å². The zero-order chi connectivity index (χ0) is 24.2. The summed E-state index contributed by atoms with van der Waals surface area (Å²) in [5.74, 6) is -0.977. The Kier molecular flexibility index (Phi) is 7.24. The number of aliphatic imine (C=N–C) groups is 1. The zero-order valence-corrected chi connectivity index (χ0v) is 18.9. The number of nitrogens with two attached hydrogens (primary N) is 1. The molecule has 0 unspecified atom stereocenters. The van der Waals surface area contributed by atoms with E-state index in [9.17, 15) is 22.4 Å². The van der Waals surface area contributed by atoms with E-state index in [1.165, 1.54) is 48.2 Å². The van der Waals surface area contributed by atoms with Gasteiger partial charge in [-0.25, -0.2) is 22.6 Å². The molecule has 0 aliphatic heterocycles. The summed E-state index contributed by atoms with van der Waals surface area (Å²) in [5.41, 5.74) is 1.79. The smallest absolute Gasteiger partial charge is 0.311 e. The first kappa shape index (κ1) is 24.1. The Bertz CT molecular complexity index is 1340. The highest BCUT2D eigenvalue weighted by Crippen LogP contribution is 2.13. The first-order valence-electron chi connectivity index (χ1n) is 9.90. The van der Waals surface area contributed by atoms with Gasteiger partial charge < -0.3 is 4.74 Å². The molecule has 2 aromatic carbocycles. The molecule has 0 saturated carbocycles. The fourth-order valence-electron chi connectivity index (χ4n) is 3.25. The minimum Gasteiger partial charge on any atom is -0.469 e. The Morgan fingerprint density at radius 3 is 2.36 bits per heavy atom. The molecule has 0 aliphatic carbocycles. The molecular weight excluding hydrogens is 451 g/mol. The predicted molar refractivity (Wildman–Crippen MR) is 121 cm³/mol. The molecule has 1 heterocycles. The number of aromatic amines is 1. The Morgan fingerprint density at radius 2 is 1.79 bits per heavy atom. The van der Waals surface area contributed by atoms with Gasteiger partial charge in [0.25, 0.3) is 5.56 Å². The summed E-state index contributed by atoms with van der Waals surface area (Å²) in [6.07, 6.45) is 0.322. The van der Waals surface area contributed by atoms with Crippen LogP contribution in [0.5, 0.6) is 0 Å². The van der Waals surface area contributed by atoms with Gasteiger partial charge in [0.2, 0.25) is 10.0 Å². The normalized spacial score (nSPS) is 12.1. The fourth-order valence-corrected chi connectivity index (χ4v) is 3.77. The number of nitrogens with zero attached hydrogens (tertiary/aromatic N) is 2. The van der Waals surface area contributed by atoms with E-state index in [2.05, 4.69) is 10.1 Å². The van der Waals surface area contributed by atoms with E-state index < -0.39 is 27.4 Å². The first-order valence-corrected chi connectivity index (χ1v) is 11.4. The summed E-state index contributed by atoms with van der Waals surface area (Å²) >= 11 is 0. The molecule has 0 radical (unpaired) electrons. The number of rotatable bonds is 8. The van der Waals surface area contributed by atoms with Gasteiger partial charge in [0, 0.05) is 12.3 Å². The van der Waals surface area contributed by atoms with Crippen molar-refractivity contribution in [3.05, 3.63) is 81.5 Å². The molecule has 0 saturated heterocycles. The number of hydrogen-bond acceptors (Lipinski definition) is 6. The van der Waals surface area contributed by atoms with E-state index in [1.807, 2.05) is 0 Å². The minimum absolute atomic E-state index is 0.0204. The SMILES string of the molecule is COC(=O)Cc1[nH]n(-c2ccc(F)cc2)c(=O)c1C(C)=NCCc1ccc(S(N)(=O)=O)cc1. The highest BCUT2D eigenvalue weighted by molar-refractivity contribution is 7.89. The molecule has 174 valence electrons. The van der Waals surface area contributed by atoms with Crippen molar-refractivity contribution in [1.29, 1.82) is 0 Å². The lowest BCUT2D eigenvalue weighted by Gasteiger charge is -2.03. The fraction of sp³-hybridized carbons (Fsp3) is 0.227. The Labute approximate surface area is 189 Å². The molecule has 0 bridgehead atoms. The molecule has 1 aromatic heterocycles. The van der Waals surface area contributed by atoms with Crippen LogP contribution in [0.25, 0.3) is 5.69 Å². The van der Waals surface area contributed by atoms with Crippen LogP contribution in [-0.2, 0) is 32.4 Å². The zero-order valence-electron chi connectivity index (χ0n) is 18.0. The molecule has 0 fully saturated rings. The number of ether oxygens (including phenoxy) is 1. The number of carbonyl (C=O) groups is 1. The van der Waals surface area contributed by atoms with Crippen molar-refractivity contribution in [1.82, 2.24) is 9.78 Å². The number of H-pyrrole nitrogens is 1. The standard InChI is InChI=1S/C22H23FN4O5S/c1-14(25-12-11-15-3-9-18(10-4-15)33(24,30)31)21-19(13-20(28)32-2)26-27(22(21)29)17-7-5-16(23)6-8-17/h3-10,26H,11-13H2,1-2H3,(H2,24,30,31). The van der Waals surface area contributed by atoms with Gasteiger partial charge in [-0.1, -0.05) is 12.1 Å². The van der Waals surface area contributed by atoms with Crippen LogP contribution in [0, 0.1) is 5.82 Å². The van der Waals surface area contributed by atoms with E-state index in [1.54, 1.807) is 19.1 Å². The molecule has 3 rings (SSSR count). The Balaban J connectivity index is 1.87. The van der Waals surface area contributed by atoms with Crippen molar-refractivity contribution < 1.29 is 22.3 Å². The van der Waals surface area contributed by atoms with Crippen LogP contribution in [0.2, 0.25) is 0 Å². The molecule has 0 amide bonds. The second-order valence-corrected chi connectivity index (χ2v) is 8.80. The van der Waals surface area contributed by atoms with Gasteiger partial charge in [-0.05, 0) is 55.3 Å². The number of esters is 1. The molecule has 11 heteroatoms. The number of sulfonamides is 1. The molecule has 3 aromatic rings. The van der Waals surface area contributed by atoms with Crippen LogP contribution in [0.3, 0.4) is 0 Å². The molecular formula is C22H23FN4O5S. The summed E-state index contributed by atoms with van der Waals surface area (Å²) < 4.78 is 41.9. The van der Waals surface area contributed by atoms with Gasteiger partial charge in [-0.3, -0.25) is 19.7 Å². The van der Waals surface area contributed by atoms with Crippen molar-refractivity contribution in [2.24, 2.45) is 10.1 Å². The number of primary sulfonamides is 1. The number of carbonyl (C=O) groups excluding carboxylic acids is 1. The van der Waals surface area contributed by atoms with Gasteiger partial charge in [-0.15, -0.1) is 0 Å². The molecule has 33 heavy (non-hydrogen) atoms. The highest BCUT2D eigenvalue weighted by Gasteiger charge is 2.20. The monoisotopic (exact) mass is 474 g/mol. The van der Waals surface area contributed by atoms with Crippen molar-refractivity contribution in [2.45, 2.75) is 24.7 Å².